The molecule has 7 heteroatoms. The topological polar surface area (TPSA) is 98.9 Å². The highest BCUT2D eigenvalue weighted by atomic mass is 16.5. The lowest BCUT2D eigenvalue weighted by Gasteiger charge is -2.38. The van der Waals surface area contributed by atoms with E-state index in [1.807, 2.05) is 30.3 Å². The molecule has 2 unspecified atom stereocenters. The first-order valence-electron chi connectivity index (χ1n) is 11.9. The minimum absolute atomic E-state index is 0.0573. The second-order valence-corrected chi connectivity index (χ2v) is 8.40. The third-order valence-corrected chi connectivity index (χ3v) is 6.18. The van der Waals surface area contributed by atoms with Crippen LogP contribution in [0.3, 0.4) is 0 Å². The van der Waals surface area contributed by atoms with Crippen LogP contribution >= 0.6 is 0 Å². The van der Waals surface area contributed by atoms with E-state index < -0.39 is 29.5 Å². The molecule has 4 rings (SSSR count). The maximum atomic E-state index is 14.0. The molecule has 1 amide bonds. The fourth-order valence-corrected chi connectivity index (χ4v) is 4.43. The average molecular weight is 497 g/mol. The molecule has 1 aliphatic rings. The van der Waals surface area contributed by atoms with Crippen molar-refractivity contribution < 1.29 is 23.9 Å². The largest absolute Gasteiger partial charge is 0.497 e. The number of anilines is 1. The molecule has 1 aliphatic heterocycles. The highest BCUT2D eigenvalue weighted by molar-refractivity contribution is 6.18. The molecule has 2 N–H and O–H groups in total. The number of ketones is 1. The van der Waals surface area contributed by atoms with Crippen LogP contribution in [0.5, 0.6) is 5.75 Å². The van der Waals surface area contributed by atoms with Gasteiger partial charge >= 0.3 is 5.97 Å². The van der Waals surface area contributed by atoms with Crippen LogP contribution in [-0.4, -0.2) is 31.4 Å². The number of hydrogen-bond donors (Lipinski definition) is 1. The summed E-state index contributed by atoms with van der Waals surface area (Å²) in [6.45, 7) is 1.79. The van der Waals surface area contributed by atoms with Crippen molar-refractivity contribution in [2.24, 2.45) is 11.7 Å². The normalized spacial score (nSPS) is 17.7. The fraction of sp³-hybridized carbons (Fsp3) is 0.167. The summed E-state index contributed by atoms with van der Waals surface area (Å²) in [5, 5.41) is 0. The molecule has 1 heterocycles. The lowest BCUT2D eigenvalue weighted by Crippen LogP contribution is -2.50. The Hall–Kier alpha value is -4.65. The highest BCUT2D eigenvalue weighted by Crippen LogP contribution is 2.42. The lowest BCUT2D eigenvalue weighted by atomic mass is 9.74. The molecule has 0 fully saturated rings. The van der Waals surface area contributed by atoms with Crippen molar-refractivity contribution in [1.29, 1.82) is 0 Å². The number of benzene rings is 3. The van der Waals surface area contributed by atoms with E-state index in [1.165, 1.54) is 11.0 Å². The number of carbonyl (C=O) groups excluding carboxylic acids is 3. The highest BCUT2D eigenvalue weighted by Gasteiger charge is 2.48. The molecule has 0 aliphatic carbocycles. The van der Waals surface area contributed by atoms with E-state index in [4.69, 9.17) is 15.2 Å². The Labute approximate surface area is 215 Å². The quantitative estimate of drug-likeness (QED) is 0.281. The molecule has 0 radical (unpaired) electrons. The van der Waals surface area contributed by atoms with Gasteiger partial charge in [0, 0.05) is 5.92 Å². The standard InChI is InChI=1S/C30H28N2O5/c1-3-37-30(35)27-25(21-15-17-23(36-2)18-16-21)26(24(33)19-14-20-10-6-4-7-11-20)29(34)32(28(27)31)22-12-8-5-9-13-22/h4-19,25-26H,3,31H2,1-2H3/b19-14+. The Morgan fingerprint density at radius 2 is 1.57 bits per heavy atom. The van der Waals surface area contributed by atoms with Crippen LogP contribution in [0.1, 0.15) is 24.0 Å². The van der Waals surface area contributed by atoms with Gasteiger partial charge in [0.05, 0.1) is 25.0 Å². The predicted octanol–water partition coefficient (Wildman–Crippen LogP) is 4.46. The van der Waals surface area contributed by atoms with Crippen molar-refractivity contribution in [2.45, 2.75) is 12.8 Å². The van der Waals surface area contributed by atoms with Crippen LogP contribution in [0.15, 0.2) is 102 Å². The number of esters is 1. The van der Waals surface area contributed by atoms with Crippen molar-refractivity contribution >= 4 is 29.4 Å². The predicted molar refractivity (Wildman–Crippen MR) is 141 cm³/mol. The molecule has 3 aromatic carbocycles. The van der Waals surface area contributed by atoms with Gasteiger partial charge in [0.2, 0.25) is 5.91 Å². The Morgan fingerprint density at radius 1 is 0.946 bits per heavy atom. The van der Waals surface area contributed by atoms with Crippen molar-refractivity contribution in [3.05, 3.63) is 114 Å². The molecular weight excluding hydrogens is 468 g/mol. The number of nitrogens with zero attached hydrogens (tertiary/aromatic N) is 1. The number of rotatable bonds is 8. The summed E-state index contributed by atoms with van der Waals surface area (Å²) in [4.78, 5) is 42.2. The Bertz CT molecular complexity index is 1330. The molecule has 37 heavy (non-hydrogen) atoms. The number of ether oxygens (including phenoxy) is 2. The summed E-state index contributed by atoms with van der Waals surface area (Å²) in [6.07, 6.45) is 3.03. The first-order valence-corrected chi connectivity index (χ1v) is 11.9. The van der Waals surface area contributed by atoms with Gasteiger partial charge in [0.25, 0.3) is 0 Å². The molecule has 0 aromatic heterocycles. The molecular formula is C30H28N2O5. The molecule has 0 saturated carbocycles. The molecule has 2 atom stereocenters. The van der Waals surface area contributed by atoms with Crippen LogP contribution in [-0.2, 0) is 19.1 Å². The molecule has 188 valence electrons. The number of methoxy groups -OCH3 is 1. The minimum Gasteiger partial charge on any atom is -0.497 e. The van der Waals surface area contributed by atoms with E-state index in [0.717, 1.165) is 5.56 Å². The number of para-hydroxylation sites is 1. The van der Waals surface area contributed by atoms with E-state index in [0.29, 0.717) is 17.0 Å². The van der Waals surface area contributed by atoms with E-state index in [9.17, 15) is 14.4 Å². The summed E-state index contributed by atoms with van der Waals surface area (Å²) in [7, 11) is 1.54. The zero-order valence-corrected chi connectivity index (χ0v) is 20.7. The molecule has 3 aromatic rings. The van der Waals surface area contributed by atoms with Crippen molar-refractivity contribution in [2.75, 3.05) is 18.6 Å². The van der Waals surface area contributed by atoms with Crippen molar-refractivity contribution in [3.8, 4) is 5.75 Å². The molecule has 7 nitrogen and oxygen atoms in total. The second kappa shape index (κ2) is 11.4. The number of hydrogen-bond acceptors (Lipinski definition) is 6. The molecule has 0 spiro atoms. The number of carbonyl (C=O) groups is 3. The summed E-state index contributed by atoms with van der Waals surface area (Å²) in [6, 6.07) is 24.9. The SMILES string of the molecule is CCOC(=O)C1=C(N)N(c2ccccc2)C(=O)C(C(=O)/C=C/c2ccccc2)C1c1ccc(OC)cc1. The Balaban J connectivity index is 1.90. The fourth-order valence-electron chi connectivity index (χ4n) is 4.43. The smallest absolute Gasteiger partial charge is 0.338 e. The van der Waals surface area contributed by atoms with Gasteiger partial charge in [0.15, 0.2) is 5.78 Å². The van der Waals surface area contributed by atoms with Crippen molar-refractivity contribution in [1.82, 2.24) is 0 Å². The first-order chi connectivity index (χ1) is 18.0. The van der Waals surface area contributed by atoms with Crippen LogP contribution in [0, 0.1) is 5.92 Å². The number of amides is 1. The van der Waals surface area contributed by atoms with Crippen LogP contribution < -0.4 is 15.4 Å². The molecule has 0 bridgehead atoms. The van der Waals surface area contributed by atoms with Gasteiger partial charge < -0.3 is 15.2 Å². The summed E-state index contributed by atoms with van der Waals surface area (Å²) >= 11 is 0. The summed E-state index contributed by atoms with van der Waals surface area (Å²) in [5.74, 6) is -3.33. The van der Waals surface area contributed by atoms with Crippen LogP contribution in [0.2, 0.25) is 0 Å². The second-order valence-electron chi connectivity index (χ2n) is 8.40. The monoisotopic (exact) mass is 496 g/mol. The summed E-state index contributed by atoms with van der Waals surface area (Å²) in [5.41, 5.74) is 8.40. The van der Waals surface area contributed by atoms with E-state index in [1.54, 1.807) is 74.7 Å². The van der Waals surface area contributed by atoms with Crippen LogP contribution in [0.25, 0.3) is 6.08 Å². The van der Waals surface area contributed by atoms with Gasteiger partial charge in [-0.3, -0.25) is 14.5 Å². The van der Waals surface area contributed by atoms with E-state index >= 15 is 0 Å². The summed E-state index contributed by atoms with van der Waals surface area (Å²) < 4.78 is 10.6. The average Bonchev–Trinajstić information content (AvgIpc) is 2.92. The van der Waals surface area contributed by atoms with Gasteiger partial charge in [-0.25, -0.2) is 4.79 Å². The number of allylic oxidation sites excluding steroid dienone is 1. The third-order valence-electron chi connectivity index (χ3n) is 6.18. The third kappa shape index (κ3) is 5.30. The van der Waals surface area contributed by atoms with E-state index in [-0.39, 0.29) is 18.0 Å². The zero-order chi connectivity index (χ0) is 26.4. The van der Waals surface area contributed by atoms with Crippen LogP contribution in [0.4, 0.5) is 5.69 Å². The Morgan fingerprint density at radius 3 is 2.16 bits per heavy atom. The lowest BCUT2D eigenvalue weighted by molar-refractivity contribution is -0.139. The minimum atomic E-state index is -1.25. The first kappa shape index (κ1) is 25.4. The van der Waals surface area contributed by atoms with Gasteiger partial charge in [-0.1, -0.05) is 66.7 Å². The van der Waals surface area contributed by atoms with Gasteiger partial charge in [-0.05, 0) is 48.4 Å². The van der Waals surface area contributed by atoms with Gasteiger partial charge in [0.1, 0.15) is 17.5 Å². The van der Waals surface area contributed by atoms with Crippen molar-refractivity contribution in [3.63, 3.8) is 0 Å². The Kier molecular flexibility index (Phi) is 7.83. The zero-order valence-electron chi connectivity index (χ0n) is 20.7. The van der Waals surface area contributed by atoms with Gasteiger partial charge in [-0.15, -0.1) is 0 Å². The molecule has 0 saturated heterocycles. The number of nitrogens with two attached hydrogens (primary N) is 1. The maximum absolute atomic E-state index is 14.0. The van der Waals surface area contributed by atoms with E-state index in [2.05, 4.69) is 0 Å². The van der Waals surface area contributed by atoms with Gasteiger partial charge in [-0.2, -0.15) is 0 Å². The maximum Gasteiger partial charge on any atom is 0.338 e.